The van der Waals surface area contributed by atoms with Gasteiger partial charge in [-0.2, -0.15) is 0 Å². The third-order valence-electron chi connectivity index (χ3n) is 3.32. The fraction of sp³-hybridized carbons (Fsp3) is 0.375. The lowest BCUT2D eigenvalue weighted by atomic mass is 10.0. The molecule has 0 aliphatic heterocycles. The quantitative estimate of drug-likeness (QED) is 0.843. The molecule has 0 saturated heterocycles. The number of ether oxygens (including phenoxy) is 1. The summed E-state index contributed by atoms with van der Waals surface area (Å²) in [5.74, 6) is 0.974. The number of nitrogens with zero attached hydrogens (tertiary/aromatic N) is 1. The summed E-state index contributed by atoms with van der Waals surface area (Å²) in [5, 5.41) is 3.02. The summed E-state index contributed by atoms with van der Waals surface area (Å²) in [7, 11) is 1.50. The molecule has 0 fully saturated rings. The zero-order valence-corrected chi connectivity index (χ0v) is 14.1. The first-order valence-corrected chi connectivity index (χ1v) is 7.63. The van der Waals surface area contributed by atoms with Crippen molar-refractivity contribution < 1.29 is 13.9 Å². The van der Waals surface area contributed by atoms with E-state index in [4.69, 9.17) is 26.5 Å². The van der Waals surface area contributed by atoms with Gasteiger partial charge in [0.2, 0.25) is 5.91 Å². The molecule has 6 nitrogen and oxygen atoms in total. The fourth-order valence-corrected chi connectivity index (χ4v) is 2.52. The predicted octanol–water partition coefficient (Wildman–Crippen LogP) is 3.32. The van der Waals surface area contributed by atoms with Crippen LogP contribution in [0, 0.1) is 5.92 Å². The molecule has 0 aliphatic rings. The molecule has 3 N–H and O–H groups in total. The molecule has 2 rings (SSSR count). The monoisotopic (exact) mass is 337 g/mol. The van der Waals surface area contributed by atoms with Crippen LogP contribution in [0.3, 0.4) is 0 Å². The fourth-order valence-electron chi connectivity index (χ4n) is 2.24. The molecule has 124 valence electrons. The number of hydrogen-bond acceptors (Lipinski definition) is 5. The first kappa shape index (κ1) is 17.3. The molecule has 1 amide bonds. The lowest BCUT2D eigenvalue weighted by Crippen LogP contribution is -2.36. The highest BCUT2D eigenvalue weighted by atomic mass is 35.5. The van der Waals surface area contributed by atoms with Gasteiger partial charge in [-0.1, -0.05) is 25.4 Å². The number of carbonyl (C=O) groups excluding carboxylic acids is 1. The Kier molecular flexibility index (Phi) is 5.63. The normalized spacial score (nSPS) is 12.3. The van der Waals surface area contributed by atoms with E-state index in [1.807, 2.05) is 13.8 Å². The second-order valence-corrected chi connectivity index (χ2v) is 5.98. The number of amides is 1. The maximum Gasteiger partial charge on any atom is 0.241 e. The topological polar surface area (TPSA) is 90.4 Å². The van der Waals surface area contributed by atoms with E-state index in [0.717, 1.165) is 0 Å². The van der Waals surface area contributed by atoms with Gasteiger partial charge in [0.05, 0.1) is 30.6 Å². The van der Waals surface area contributed by atoms with Gasteiger partial charge in [0, 0.05) is 0 Å². The number of carbonyl (C=O) groups is 1. The molecule has 1 heterocycles. The third-order valence-corrected chi connectivity index (χ3v) is 3.69. The molecule has 1 aromatic heterocycles. The maximum atomic E-state index is 12.1. The molecule has 0 aliphatic carbocycles. The Labute approximate surface area is 140 Å². The van der Waals surface area contributed by atoms with Gasteiger partial charge in [-0.25, -0.2) is 4.98 Å². The van der Waals surface area contributed by atoms with E-state index in [1.54, 1.807) is 18.3 Å². The minimum atomic E-state index is -0.592. The van der Waals surface area contributed by atoms with E-state index in [-0.39, 0.29) is 10.9 Å². The van der Waals surface area contributed by atoms with Gasteiger partial charge in [0.1, 0.15) is 5.02 Å². The Morgan fingerprint density at radius 3 is 2.78 bits per heavy atom. The Morgan fingerprint density at radius 2 is 2.22 bits per heavy atom. The SMILES string of the molecule is COc1c(-c2cnco2)ccc(NC(=O)[C@H](N)CC(C)C)c1Cl. The van der Waals surface area contributed by atoms with Gasteiger partial charge in [0.15, 0.2) is 17.9 Å². The average molecular weight is 338 g/mol. The second kappa shape index (κ2) is 7.48. The zero-order valence-electron chi connectivity index (χ0n) is 13.3. The summed E-state index contributed by atoms with van der Waals surface area (Å²) in [4.78, 5) is 16.0. The molecular weight excluding hydrogens is 318 g/mol. The second-order valence-electron chi connectivity index (χ2n) is 5.60. The maximum absolute atomic E-state index is 12.1. The molecular formula is C16H20ClN3O3. The number of hydrogen-bond donors (Lipinski definition) is 2. The van der Waals surface area contributed by atoms with Gasteiger partial charge < -0.3 is 20.2 Å². The lowest BCUT2D eigenvalue weighted by molar-refractivity contribution is -0.117. The predicted molar refractivity (Wildman–Crippen MR) is 89.6 cm³/mol. The highest BCUT2D eigenvalue weighted by Gasteiger charge is 2.20. The minimum absolute atomic E-state index is 0.282. The highest BCUT2D eigenvalue weighted by Crippen LogP contribution is 2.40. The van der Waals surface area contributed by atoms with Crippen LogP contribution < -0.4 is 15.8 Å². The number of oxazole rings is 1. The molecule has 0 unspecified atom stereocenters. The molecule has 0 radical (unpaired) electrons. The van der Waals surface area contributed by atoms with Crippen LogP contribution in [0.5, 0.6) is 5.75 Å². The van der Waals surface area contributed by atoms with Crippen molar-refractivity contribution in [3.8, 4) is 17.1 Å². The molecule has 23 heavy (non-hydrogen) atoms. The number of rotatable bonds is 6. The zero-order chi connectivity index (χ0) is 17.0. The van der Waals surface area contributed by atoms with Crippen LogP contribution in [0.2, 0.25) is 5.02 Å². The number of nitrogens with two attached hydrogens (primary N) is 1. The van der Waals surface area contributed by atoms with Crippen LogP contribution in [0.4, 0.5) is 5.69 Å². The molecule has 1 aromatic carbocycles. The Hall–Kier alpha value is -2.05. The lowest BCUT2D eigenvalue weighted by Gasteiger charge is -2.17. The van der Waals surface area contributed by atoms with Gasteiger partial charge in [0.25, 0.3) is 0 Å². The molecule has 0 saturated carbocycles. The van der Waals surface area contributed by atoms with E-state index >= 15 is 0 Å². The summed E-state index contributed by atoms with van der Waals surface area (Å²) in [6.07, 6.45) is 3.48. The van der Waals surface area contributed by atoms with Gasteiger partial charge >= 0.3 is 0 Å². The van der Waals surface area contributed by atoms with E-state index in [0.29, 0.717) is 35.1 Å². The number of halogens is 1. The smallest absolute Gasteiger partial charge is 0.241 e. The van der Waals surface area contributed by atoms with Crippen molar-refractivity contribution in [2.45, 2.75) is 26.3 Å². The molecule has 0 bridgehead atoms. The number of aromatic nitrogens is 1. The van der Waals surface area contributed by atoms with Gasteiger partial charge in [-0.15, -0.1) is 0 Å². The third kappa shape index (κ3) is 4.03. The first-order chi connectivity index (χ1) is 10.9. The van der Waals surface area contributed by atoms with Gasteiger partial charge in [-0.05, 0) is 24.5 Å². The summed E-state index contributed by atoms with van der Waals surface area (Å²) in [5.41, 5.74) is 6.98. The first-order valence-electron chi connectivity index (χ1n) is 7.25. The van der Waals surface area contributed by atoms with E-state index < -0.39 is 6.04 Å². The average Bonchev–Trinajstić information content (AvgIpc) is 3.02. The summed E-state index contributed by atoms with van der Waals surface area (Å²) in [6, 6.07) is 2.84. The molecule has 0 spiro atoms. The molecule has 2 aromatic rings. The number of benzene rings is 1. The minimum Gasteiger partial charge on any atom is -0.494 e. The summed E-state index contributed by atoms with van der Waals surface area (Å²) in [6.45, 7) is 4.02. The summed E-state index contributed by atoms with van der Waals surface area (Å²) < 4.78 is 10.6. The number of anilines is 1. The van der Waals surface area contributed by atoms with Crippen molar-refractivity contribution in [1.29, 1.82) is 0 Å². The largest absolute Gasteiger partial charge is 0.494 e. The van der Waals surface area contributed by atoms with Crippen molar-refractivity contribution >= 4 is 23.2 Å². The van der Waals surface area contributed by atoms with E-state index in [1.165, 1.54) is 13.5 Å². The van der Waals surface area contributed by atoms with Crippen molar-refractivity contribution in [3.05, 3.63) is 29.7 Å². The van der Waals surface area contributed by atoms with E-state index in [2.05, 4.69) is 10.3 Å². The summed E-state index contributed by atoms with van der Waals surface area (Å²) >= 11 is 6.34. The Bertz CT molecular complexity index is 671. The molecule has 7 heteroatoms. The number of methoxy groups -OCH3 is 1. The van der Waals surface area contributed by atoms with Crippen molar-refractivity contribution in [3.63, 3.8) is 0 Å². The van der Waals surface area contributed by atoms with Crippen LogP contribution in [-0.4, -0.2) is 24.0 Å². The van der Waals surface area contributed by atoms with Crippen molar-refractivity contribution in [2.24, 2.45) is 11.7 Å². The van der Waals surface area contributed by atoms with Crippen LogP contribution in [0.25, 0.3) is 11.3 Å². The Morgan fingerprint density at radius 1 is 1.48 bits per heavy atom. The van der Waals surface area contributed by atoms with Crippen molar-refractivity contribution in [2.75, 3.05) is 12.4 Å². The van der Waals surface area contributed by atoms with Crippen molar-refractivity contribution in [1.82, 2.24) is 4.98 Å². The number of nitrogens with one attached hydrogen (secondary N) is 1. The van der Waals surface area contributed by atoms with Crippen LogP contribution in [-0.2, 0) is 4.79 Å². The highest BCUT2D eigenvalue weighted by molar-refractivity contribution is 6.35. The van der Waals surface area contributed by atoms with Crippen LogP contribution in [0.15, 0.2) is 29.1 Å². The molecule has 1 atom stereocenters. The Balaban J connectivity index is 2.26. The van der Waals surface area contributed by atoms with Crippen LogP contribution in [0.1, 0.15) is 20.3 Å². The van der Waals surface area contributed by atoms with Gasteiger partial charge in [-0.3, -0.25) is 4.79 Å². The standard InChI is InChI=1S/C16H20ClN3O3/c1-9(2)6-11(18)16(21)20-12-5-4-10(13-7-19-8-23-13)15(22-3)14(12)17/h4-5,7-9,11H,6,18H2,1-3H3,(H,20,21)/t11-/m1/s1. The van der Waals surface area contributed by atoms with E-state index in [9.17, 15) is 4.79 Å². The van der Waals surface area contributed by atoms with Crippen LogP contribution >= 0.6 is 11.6 Å².